The summed E-state index contributed by atoms with van der Waals surface area (Å²) in [4.78, 5) is 0.245. The first kappa shape index (κ1) is 19.4. The van der Waals surface area contributed by atoms with Gasteiger partial charge in [0, 0.05) is 12.2 Å². The normalized spacial score (nSPS) is 12.1. The molecule has 0 fully saturated rings. The van der Waals surface area contributed by atoms with Crippen molar-refractivity contribution in [2.45, 2.75) is 16.2 Å². The molecule has 136 valence electrons. The van der Waals surface area contributed by atoms with Gasteiger partial charge in [-0.25, -0.2) is 22.0 Å². The summed E-state index contributed by atoms with van der Waals surface area (Å²) in [5.74, 6) is -0.289. The highest BCUT2D eigenvalue weighted by Crippen LogP contribution is 2.14. The minimum atomic E-state index is -3.70. The van der Waals surface area contributed by atoms with Crippen molar-refractivity contribution in [2.75, 3.05) is 24.2 Å². The van der Waals surface area contributed by atoms with Gasteiger partial charge in [0.15, 0.2) is 9.84 Å². The van der Waals surface area contributed by atoms with Crippen molar-refractivity contribution in [3.63, 3.8) is 0 Å². The van der Waals surface area contributed by atoms with E-state index in [0.717, 1.165) is 11.3 Å². The predicted molar refractivity (Wildman–Crippen MR) is 95.6 cm³/mol. The molecule has 25 heavy (non-hydrogen) atoms. The highest BCUT2D eigenvalue weighted by atomic mass is 32.2. The van der Waals surface area contributed by atoms with Gasteiger partial charge in [-0.2, -0.15) is 0 Å². The molecular formula is C16H20N2O5S2. The average Bonchev–Trinajstić information content (AvgIpc) is 2.55. The van der Waals surface area contributed by atoms with E-state index < -0.39 is 26.5 Å². The Morgan fingerprint density at radius 3 is 1.96 bits per heavy atom. The summed E-state index contributed by atoms with van der Waals surface area (Å²) in [6, 6.07) is 12.6. The molecule has 0 aliphatic heterocycles. The fourth-order valence-corrected chi connectivity index (χ4v) is 3.76. The largest absolute Gasteiger partial charge is 0.395 e. The van der Waals surface area contributed by atoms with E-state index >= 15 is 0 Å². The standard InChI is InChI=1S/C16H20N2O5S2/c17-25(22,23)16-7-3-14(4-8-16)18-10-9-13-1-5-15(6-2-13)24(20,21)12-11-19/h1-8,18-19H,9-12H2,(H2,17,22,23). The van der Waals surface area contributed by atoms with Crippen LogP contribution in [0, 0.1) is 0 Å². The molecule has 2 aromatic rings. The molecule has 4 N–H and O–H groups in total. The van der Waals surface area contributed by atoms with Gasteiger partial charge in [-0.15, -0.1) is 0 Å². The number of aliphatic hydroxyl groups is 1. The smallest absolute Gasteiger partial charge is 0.238 e. The zero-order valence-electron chi connectivity index (χ0n) is 13.4. The maximum absolute atomic E-state index is 11.8. The molecule has 7 nitrogen and oxygen atoms in total. The van der Waals surface area contributed by atoms with Gasteiger partial charge in [0.2, 0.25) is 10.0 Å². The Kier molecular flexibility index (Phi) is 6.17. The summed E-state index contributed by atoms with van der Waals surface area (Å²) in [5.41, 5.74) is 1.71. The molecule has 9 heteroatoms. The lowest BCUT2D eigenvalue weighted by atomic mass is 10.1. The van der Waals surface area contributed by atoms with Crippen molar-refractivity contribution < 1.29 is 21.9 Å². The number of nitrogens with two attached hydrogens (primary N) is 1. The second kappa shape index (κ2) is 7.96. The van der Waals surface area contributed by atoms with E-state index in [9.17, 15) is 16.8 Å². The number of rotatable bonds is 8. The zero-order chi connectivity index (χ0) is 18.5. The van der Waals surface area contributed by atoms with Crippen LogP contribution in [0.5, 0.6) is 0 Å². The van der Waals surface area contributed by atoms with E-state index in [-0.39, 0.29) is 15.5 Å². The van der Waals surface area contributed by atoms with Gasteiger partial charge in [0.05, 0.1) is 22.2 Å². The Morgan fingerprint density at radius 1 is 0.880 bits per heavy atom. The summed E-state index contributed by atoms with van der Waals surface area (Å²) >= 11 is 0. The van der Waals surface area contributed by atoms with Crippen molar-refractivity contribution in [2.24, 2.45) is 5.14 Å². The molecular weight excluding hydrogens is 364 g/mol. The number of hydrogen-bond donors (Lipinski definition) is 3. The first-order valence-corrected chi connectivity index (χ1v) is 10.7. The molecule has 0 saturated carbocycles. The molecule has 2 rings (SSSR count). The molecule has 0 radical (unpaired) electrons. The fourth-order valence-electron chi connectivity index (χ4n) is 2.22. The van der Waals surface area contributed by atoms with Crippen LogP contribution >= 0.6 is 0 Å². The summed E-state index contributed by atoms with van der Waals surface area (Å²) in [7, 11) is -7.13. The molecule has 0 saturated heterocycles. The van der Waals surface area contributed by atoms with Crippen LogP contribution in [-0.4, -0.2) is 40.8 Å². The van der Waals surface area contributed by atoms with E-state index in [2.05, 4.69) is 5.32 Å². The third-order valence-corrected chi connectivity index (χ3v) is 6.21. The SMILES string of the molecule is NS(=O)(=O)c1ccc(NCCc2ccc(S(=O)(=O)CCO)cc2)cc1. The van der Waals surface area contributed by atoms with Crippen LogP contribution in [-0.2, 0) is 26.3 Å². The fraction of sp³-hybridized carbons (Fsp3) is 0.250. The van der Waals surface area contributed by atoms with E-state index in [0.29, 0.717) is 13.0 Å². The predicted octanol–water partition coefficient (Wildman–Crippen LogP) is 0.755. The maximum atomic E-state index is 11.8. The van der Waals surface area contributed by atoms with E-state index in [1.165, 1.54) is 24.3 Å². The van der Waals surface area contributed by atoms with Crippen LogP contribution in [0.1, 0.15) is 5.56 Å². The highest BCUT2D eigenvalue weighted by molar-refractivity contribution is 7.91. The Bertz CT molecular complexity index is 906. The van der Waals surface area contributed by atoms with Crippen LogP contribution < -0.4 is 10.5 Å². The summed E-state index contributed by atoms with van der Waals surface area (Å²) in [6.07, 6.45) is 0.664. The highest BCUT2D eigenvalue weighted by Gasteiger charge is 2.13. The quantitative estimate of drug-likeness (QED) is 0.617. The van der Waals surface area contributed by atoms with Gasteiger partial charge in [0.25, 0.3) is 0 Å². The van der Waals surface area contributed by atoms with Gasteiger partial charge in [0.1, 0.15) is 0 Å². The van der Waals surface area contributed by atoms with Gasteiger partial charge in [-0.3, -0.25) is 0 Å². The molecule has 0 aliphatic rings. The van der Waals surface area contributed by atoms with E-state index in [1.54, 1.807) is 24.3 Å². The lowest BCUT2D eigenvalue weighted by molar-refractivity contribution is 0.319. The molecule has 0 atom stereocenters. The molecule has 0 spiro atoms. The van der Waals surface area contributed by atoms with Crippen LogP contribution in [0.2, 0.25) is 0 Å². The van der Waals surface area contributed by atoms with Crippen LogP contribution in [0.25, 0.3) is 0 Å². The lowest BCUT2D eigenvalue weighted by Gasteiger charge is -2.08. The van der Waals surface area contributed by atoms with E-state index in [1.807, 2.05) is 0 Å². The Balaban J connectivity index is 1.92. The summed E-state index contributed by atoms with van der Waals surface area (Å²) in [6.45, 7) is 0.190. The third-order valence-electron chi connectivity index (χ3n) is 3.57. The summed E-state index contributed by atoms with van der Waals surface area (Å²) in [5, 5.41) is 17.0. The number of anilines is 1. The molecule has 2 aromatic carbocycles. The molecule has 0 amide bonds. The van der Waals surface area contributed by atoms with Crippen molar-refractivity contribution in [3.8, 4) is 0 Å². The van der Waals surface area contributed by atoms with Crippen molar-refractivity contribution in [1.29, 1.82) is 0 Å². The second-order valence-electron chi connectivity index (χ2n) is 5.43. The lowest BCUT2D eigenvalue weighted by Crippen LogP contribution is -2.12. The number of benzene rings is 2. The van der Waals surface area contributed by atoms with Crippen molar-refractivity contribution in [1.82, 2.24) is 0 Å². The molecule has 0 aliphatic carbocycles. The van der Waals surface area contributed by atoms with Gasteiger partial charge in [-0.1, -0.05) is 12.1 Å². The minimum Gasteiger partial charge on any atom is -0.395 e. The number of sulfonamides is 1. The number of aliphatic hydroxyl groups excluding tert-OH is 1. The van der Waals surface area contributed by atoms with Gasteiger partial charge >= 0.3 is 0 Å². The van der Waals surface area contributed by atoms with Crippen molar-refractivity contribution >= 4 is 25.5 Å². The minimum absolute atomic E-state index is 0.0535. The van der Waals surface area contributed by atoms with Crippen molar-refractivity contribution in [3.05, 3.63) is 54.1 Å². The van der Waals surface area contributed by atoms with Crippen LogP contribution in [0.15, 0.2) is 58.3 Å². The number of nitrogens with one attached hydrogen (secondary N) is 1. The van der Waals surface area contributed by atoms with Crippen LogP contribution in [0.3, 0.4) is 0 Å². The Morgan fingerprint density at radius 2 is 1.44 bits per heavy atom. The summed E-state index contributed by atoms with van der Waals surface area (Å²) < 4.78 is 46.0. The number of sulfone groups is 1. The average molecular weight is 384 g/mol. The Hall–Kier alpha value is -1.94. The number of hydrogen-bond acceptors (Lipinski definition) is 6. The second-order valence-corrected chi connectivity index (χ2v) is 9.10. The van der Waals surface area contributed by atoms with Gasteiger partial charge in [-0.05, 0) is 48.4 Å². The van der Waals surface area contributed by atoms with Gasteiger partial charge < -0.3 is 10.4 Å². The molecule has 0 aromatic heterocycles. The zero-order valence-corrected chi connectivity index (χ0v) is 15.1. The molecule has 0 heterocycles. The maximum Gasteiger partial charge on any atom is 0.238 e. The topological polar surface area (TPSA) is 127 Å². The van der Waals surface area contributed by atoms with E-state index in [4.69, 9.17) is 10.2 Å². The first-order chi connectivity index (χ1) is 11.7. The van der Waals surface area contributed by atoms with Crippen LogP contribution in [0.4, 0.5) is 5.69 Å². The monoisotopic (exact) mass is 384 g/mol. The third kappa shape index (κ3) is 5.53. The molecule has 0 unspecified atom stereocenters. The Labute approximate surface area is 147 Å². The molecule has 0 bridgehead atoms. The number of primary sulfonamides is 1. The first-order valence-electron chi connectivity index (χ1n) is 7.52.